The summed E-state index contributed by atoms with van der Waals surface area (Å²) in [6.45, 7) is 13.6. The fourth-order valence-electron chi connectivity index (χ4n) is 1.16. The lowest BCUT2D eigenvalue weighted by molar-refractivity contribution is -0.113. The van der Waals surface area contributed by atoms with Gasteiger partial charge in [0.05, 0.1) is 6.61 Å². The van der Waals surface area contributed by atoms with Crippen molar-refractivity contribution in [1.82, 2.24) is 0 Å². The van der Waals surface area contributed by atoms with E-state index in [1.54, 1.807) is 13.8 Å². The molecule has 0 saturated heterocycles. The molecule has 0 bridgehead atoms. The van der Waals surface area contributed by atoms with Crippen LogP contribution in [0.5, 0.6) is 0 Å². The molecule has 2 unspecified atom stereocenters. The Morgan fingerprint density at radius 1 is 1.50 bits per heavy atom. The van der Waals surface area contributed by atoms with E-state index in [1.165, 1.54) is 0 Å². The zero-order chi connectivity index (χ0) is 14.3. The molecule has 5 heteroatoms. The topological polar surface area (TPSA) is 63.6 Å². The summed E-state index contributed by atoms with van der Waals surface area (Å²) in [6.07, 6.45) is 0.959. The van der Waals surface area contributed by atoms with Gasteiger partial charge in [-0.15, -0.1) is 0 Å². The number of carbonyl (C=O) groups excluding carboxylic acids is 1. The van der Waals surface area contributed by atoms with Crippen LogP contribution in [0.25, 0.3) is 0 Å². The molecule has 0 fully saturated rings. The molecule has 0 rings (SSSR count). The number of rotatable bonds is 6. The summed E-state index contributed by atoms with van der Waals surface area (Å²) in [6, 6.07) is 0. The summed E-state index contributed by atoms with van der Waals surface area (Å²) < 4.78 is 16.6. The molecule has 0 heterocycles. The van der Waals surface area contributed by atoms with Gasteiger partial charge in [0.25, 0.3) is 0 Å². The Kier molecular flexibility index (Phi) is 6.57. The maximum atomic E-state index is 11.9. The van der Waals surface area contributed by atoms with Crippen LogP contribution in [0.4, 0.5) is 0 Å². The second-order valence-corrected chi connectivity index (χ2v) is 5.45. The quantitative estimate of drug-likeness (QED) is 0.456. The Bertz CT molecular complexity index is 479. The van der Waals surface area contributed by atoms with E-state index in [0.717, 1.165) is 6.08 Å². The van der Waals surface area contributed by atoms with Crippen molar-refractivity contribution in [3.63, 3.8) is 0 Å². The van der Waals surface area contributed by atoms with Gasteiger partial charge in [-0.1, -0.05) is 31.6 Å². The molecule has 0 saturated carbocycles. The molecule has 0 amide bonds. The number of hydrogen-bond acceptors (Lipinski definition) is 3. The number of carbonyl (C=O) groups is 1. The van der Waals surface area contributed by atoms with Crippen molar-refractivity contribution in [1.29, 1.82) is 0 Å². The van der Waals surface area contributed by atoms with Crippen LogP contribution in [0.2, 0.25) is 0 Å². The highest BCUT2D eigenvalue weighted by atomic mass is 31.2. The first-order chi connectivity index (χ1) is 8.26. The standard InChI is InChI=1S/C13H17O4P/c1-6-12(14)13(18(15,16)17-7-2)11(5)9-8-10(3)4/h6,13H,1,3,5,7H2,2,4H3,(H,15,16). The third kappa shape index (κ3) is 4.85. The van der Waals surface area contributed by atoms with Crippen LogP contribution in [0.1, 0.15) is 13.8 Å². The van der Waals surface area contributed by atoms with Gasteiger partial charge >= 0.3 is 7.60 Å². The van der Waals surface area contributed by atoms with Gasteiger partial charge in [-0.2, -0.15) is 0 Å². The molecule has 0 spiro atoms. The fraction of sp³-hybridized carbons (Fsp3) is 0.308. The molecular weight excluding hydrogens is 251 g/mol. The predicted molar refractivity (Wildman–Crippen MR) is 72.2 cm³/mol. The molecule has 2 atom stereocenters. The van der Waals surface area contributed by atoms with E-state index in [4.69, 9.17) is 4.52 Å². The molecule has 0 aliphatic heterocycles. The van der Waals surface area contributed by atoms with E-state index in [-0.39, 0.29) is 12.2 Å². The normalized spacial score (nSPS) is 14.6. The second-order valence-electron chi connectivity index (χ2n) is 3.55. The molecule has 18 heavy (non-hydrogen) atoms. The van der Waals surface area contributed by atoms with E-state index in [0.29, 0.717) is 5.57 Å². The van der Waals surface area contributed by atoms with Crippen LogP contribution < -0.4 is 0 Å². The third-order valence-corrected chi connectivity index (χ3v) is 3.72. The minimum absolute atomic E-state index is 0.00982. The molecule has 0 aromatic heterocycles. The van der Waals surface area contributed by atoms with Crippen molar-refractivity contribution in [2.45, 2.75) is 19.5 Å². The smallest absolute Gasteiger partial charge is 0.324 e. The Balaban J connectivity index is 5.41. The average molecular weight is 268 g/mol. The van der Waals surface area contributed by atoms with Crippen LogP contribution in [-0.2, 0) is 13.9 Å². The van der Waals surface area contributed by atoms with E-state index in [9.17, 15) is 14.3 Å². The van der Waals surface area contributed by atoms with E-state index in [1.807, 2.05) is 0 Å². The number of allylic oxidation sites excluding steroid dienone is 3. The first kappa shape index (κ1) is 16.6. The Morgan fingerprint density at radius 2 is 2.06 bits per heavy atom. The highest BCUT2D eigenvalue weighted by Crippen LogP contribution is 2.50. The Morgan fingerprint density at radius 3 is 2.44 bits per heavy atom. The molecule has 0 aromatic rings. The van der Waals surface area contributed by atoms with Crippen molar-refractivity contribution >= 4 is 13.4 Å². The minimum atomic E-state index is -4.14. The van der Waals surface area contributed by atoms with Gasteiger partial charge in [-0.3, -0.25) is 9.36 Å². The highest BCUT2D eigenvalue weighted by molar-refractivity contribution is 7.55. The SMILES string of the molecule is C=CC(=O)C(C(=C)C#CC(=C)C)P(=O)(O)OCC. The van der Waals surface area contributed by atoms with Crippen LogP contribution >= 0.6 is 7.60 Å². The van der Waals surface area contributed by atoms with Crippen molar-refractivity contribution in [3.05, 3.63) is 37.0 Å². The molecular formula is C13H17O4P. The molecule has 0 aliphatic carbocycles. The van der Waals surface area contributed by atoms with Crippen LogP contribution in [-0.4, -0.2) is 22.9 Å². The average Bonchev–Trinajstić information content (AvgIpc) is 2.25. The van der Waals surface area contributed by atoms with E-state index < -0.39 is 19.0 Å². The third-order valence-electron chi connectivity index (χ3n) is 1.88. The van der Waals surface area contributed by atoms with E-state index in [2.05, 4.69) is 31.6 Å². The minimum Gasteiger partial charge on any atom is -0.324 e. The van der Waals surface area contributed by atoms with Crippen LogP contribution in [0.3, 0.4) is 0 Å². The van der Waals surface area contributed by atoms with Gasteiger partial charge in [0.2, 0.25) is 0 Å². The summed E-state index contributed by atoms with van der Waals surface area (Å²) in [5.41, 5.74) is -0.825. The first-order valence-corrected chi connectivity index (χ1v) is 6.90. The van der Waals surface area contributed by atoms with Gasteiger partial charge in [0.15, 0.2) is 11.4 Å². The van der Waals surface area contributed by atoms with Crippen molar-refractivity contribution in [2.24, 2.45) is 0 Å². The monoisotopic (exact) mass is 268 g/mol. The molecule has 1 N–H and O–H groups in total. The largest absolute Gasteiger partial charge is 0.343 e. The summed E-state index contributed by atoms with van der Waals surface area (Å²) in [5.74, 6) is 4.49. The van der Waals surface area contributed by atoms with E-state index >= 15 is 0 Å². The van der Waals surface area contributed by atoms with Crippen molar-refractivity contribution < 1.29 is 18.8 Å². The predicted octanol–water partition coefficient (Wildman–Crippen LogP) is 2.47. The summed E-state index contributed by atoms with van der Waals surface area (Å²) in [7, 11) is -4.14. The van der Waals surface area contributed by atoms with Gasteiger partial charge in [-0.05, 0) is 25.5 Å². The molecule has 4 nitrogen and oxygen atoms in total. The fourth-order valence-corrected chi connectivity index (χ4v) is 2.56. The maximum absolute atomic E-state index is 11.9. The Labute approximate surface area is 108 Å². The summed E-state index contributed by atoms with van der Waals surface area (Å²) >= 11 is 0. The lowest BCUT2D eigenvalue weighted by Gasteiger charge is -2.19. The lowest BCUT2D eigenvalue weighted by atomic mass is 10.1. The molecule has 0 aliphatic rings. The van der Waals surface area contributed by atoms with Crippen LogP contribution in [0, 0.1) is 11.8 Å². The molecule has 0 aromatic carbocycles. The van der Waals surface area contributed by atoms with Crippen molar-refractivity contribution in [2.75, 3.05) is 6.61 Å². The Hall–Kier alpha value is -1.40. The highest BCUT2D eigenvalue weighted by Gasteiger charge is 2.38. The van der Waals surface area contributed by atoms with Crippen molar-refractivity contribution in [3.8, 4) is 11.8 Å². The summed E-state index contributed by atoms with van der Waals surface area (Å²) in [5, 5.41) is 0. The molecule has 98 valence electrons. The zero-order valence-corrected chi connectivity index (χ0v) is 11.5. The second kappa shape index (κ2) is 7.13. The lowest BCUT2D eigenvalue weighted by Crippen LogP contribution is -2.22. The number of hydrogen-bond donors (Lipinski definition) is 1. The number of ketones is 1. The molecule has 0 radical (unpaired) electrons. The van der Waals surface area contributed by atoms with Gasteiger partial charge in [-0.25, -0.2) is 0 Å². The van der Waals surface area contributed by atoms with Crippen LogP contribution in [0.15, 0.2) is 37.0 Å². The maximum Gasteiger partial charge on any atom is 0.343 e. The zero-order valence-electron chi connectivity index (χ0n) is 10.6. The van der Waals surface area contributed by atoms with Gasteiger partial charge in [0.1, 0.15) is 0 Å². The van der Waals surface area contributed by atoms with Gasteiger partial charge < -0.3 is 9.42 Å². The first-order valence-electron chi connectivity index (χ1n) is 5.25. The summed E-state index contributed by atoms with van der Waals surface area (Å²) in [4.78, 5) is 21.4. The van der Waals surface area contributed by atoms with Gasteiger partial charge in [0, 0.05) is 5.57 Å².